The minimum atomic E-state index is 0.343. The van der Waals surface area contributed by atoms with E-state index in [9.17, 15) is 4.79 Å². The second kappa shape index (κ2) is 10.6. The predicted octanol–water partition coefficient (Wildman–Crippen LogP) is 3.50. The van der Waals surface area contributed by atoms with E-state index in [2.05, 4.69) is 58.0 Å². The van der Waals surface area contributed by atoms with Gasteiger partial charge in [-0.3, -0.25) is 14.6 Å². The number of likely N-dealkylation sites (tertiary alicyclic amines) is 1. The van der Waals surface area contributed by atoms with Crippen molar-refractivity contribution in [2.75, 3.05) is 45.8 Å². The lowest BCUT2D eigenvalue weighted by atomic mass is 10.00. The van der Waals surface area contributed by atoms with Gasteiger partial charge in [0.1, 0.15) is 0 Å². The summed E-state index contributed by atoms with van der Waals surface area (Å²) in [5.41, 5.74) is 1.24. The Morgan fingerprint density at radius 3 is 2.59 bits per heavy atom. The van der Waals surface area contributed by atoms with Gasteiger partial charge in [0, 0.05) is 51.7 Å². The summed E-state index contributed by atoms with van der Waals surface area (Å²) < 4.78 is 0. The molecule has 0 N–H and O–H groups in total. The molecule has 2 aliphatic rings. The Labute approximate surface area is 164 Å². The fourth-order valence-corrected chi connectivity index (χ4v) is 4.30. The molecule has 1 unspecified atom stereocenters. The van der Waals surface area contributed by atoms with E-state index in [0.717, 1.165) is 39.3 Å². The van der Waals surface area contributed by atoms with Crippen LogP contribution in [0.25, 0.3) is 6.08 Å². The quantitative estimate of drug-likeness (QED) is 0.736. The van der Waals surface area contributed by atoms with Crippen LogP contribution in [0, 0.1) is 0 Å². The molecule has 0 bridgehead atoms. The molecule has 4 nitrogen and oxygen atoms in total. The fraction of sp³-hybridized carbons (Fsp3) is 0.609. The van der Waals surface area contributed by atoms with Crippen molar-refractivity contribution in [1.29, 1.82) is 0 Å². The maximum absolute atomic E-state index is 12.6. The van der Waals surface area contributed by atoms with Gasteiger partial charge in [0.15, 0.2) is 0 Å². The van der Waals surface area contributed by atoms with Gasteiger partial charge in [-0.25, -0.2) is 0 Å². The predicted molar refractivity (Wildman–Crippen MR) is 113 cm³/mol. The number of carbonyl (C=O) groups is 1. The summed E-state index contributed by atoms with van der Waals surface area (Å²) in [6.07, 6.45) is 10.3. The summed E-state index contributed by atoms with van der Waals surface area (Å²) in [6, 6.07) is 11.1. The molecule has 0 aliphatic carbocycles. The average molecular weight is 370 g/mol. The van der Waals surface area contributed by atoms with E-state index in [1.165, 1.54) is 37.8 Å². The molecule has 2 saturated heterocycles. The Morgan fingerprint density at radius 2 is 1.85 bits per heavy atom. The van der Waals surface area contributed by atoms with Gasteiger partial charge in [0.2, 0.25) is 5.91 Å². The first kappa shape index (κ1) is 20.1. The third-order valence-corrected chi connectivity index (χ3v) is 6.03. The van der Waals surface area contributed by atoms with Crippen LogP contribution >= 0.6 is 0 Å². The Morgan fingerprint density at radius 1 is 1.07 bits per heavy atom. The molecule has 27 heavy (non-hydrogen) atoms. The van der Waals surface area contributed by atoms with Gasteiger partial charge in [-0.2, -0.15) is 0 Å². The zero-order valence-electron chi connectivity index (χ0n) is 16.9. The van der Waals surface area contributed by atoms with E-state index < -0.39 is 0 Å². The van der Waals surface area contributed by atoms with Crippen LogP contribution in [0.1, 0.15) is 44.6 Å². The molecule has 1 aromatic rings. The van der Waals surface area contributed by atoms with Crippen LogP contribution in [0.5, 0.6) is 0 Å². The van der Waals surface area contributed by atoms with Crippen molar-refractivity contribution in [2.24, 2.45) is 0 Å². The topological polar surface area (TPSA) is 26.8 Å². The number of rotatable bonds is 7. The van der Waals surface area contributed by atoms with Crippen LogP contribution in [-0.4, -0.2) is 72.5 Å². The molecule has 1 amide bonds. The third-order valence-electron chi connectivity index (χ3n) is 6.03. The van der Waals surface area contributed by atoms with E-state index in [4.69, 9.17) is 0 Å². The molecule has 0 saturated carbocycles. The van der Waals surface area contributed by atoms with E-state index in [0.29, 0.717) is 18.4 Å². The van der Waals surface area contributed by atoms with Crippen LogP contribution in [0.15, 0.2) is 36.4 Å². The van der Waals surface area contributed by atoms with Crippen LogP contribution in [0.4, 0.5) is 0 Å². The fourth-order valence-electron chi connectivity index (χ4n) is 4.30. The van der Waals surface area contributed by atoms with Crippen LogP contribution in [0.2, 0.25) is 0 Å². The van der Waals surface area contributed by atoms with Crippen molar-refractivity contribution in [3.05, 3.63) is 42.0 Å². The molecule has 2 heterocycles. The minimum absolute atomic E-state index is 0.343. The number of benzene rings is 1. The Kier molecular flexibility index (Phi) is 7.91. The van der Waals surface area contributed by atoms with Gasteiger partial charge in [0.25, 0.3) is 0 Å². The first-order valence-electron chi connectivity index (χ1n) is 10.7. The molecule has 2 fully saturated rings. The van der Waals surface area contributed by atoms with E-state index in [-0.39, 0.29) is 0 Å². The zero-order valence-corrected chi connectivity index (χ0v) is 16.9. The van der Waals surface area contributed by atoms with Gasteiger partial charge in [-0.05, 0) is 31.4 Å². The van der Waals surface area contributed by atoms with Crippen LogP contribution in [0.3, 0.4) is 0 Å². The molecular weight excluding hydrogens is 334 g/mol. The molecule has 3 rings (SSSR count). The number of hydrogen-bond donors (Lipinski definition) is 0. The second-order valence-electron chi connectivity index (χ2n) is 7.84. The minimum Gasteiger partial charge on any atom is -0.340 e. The van der Waals surface area contributed by atoms with E-state index >= 15 is 0 Å². The Balaban J connectivity index is 1.36. The highest BCUT2D eigenvalue weighted by Crippen LogP contribution is 2.19. The third kappa shape index (κ3) is 6.18. The Bertz CT molecular complexity index is 593. The summed E-state index contributed by atoms with van der Waals surface area (Å²) >= 11 is 0. The van der Waals surface area contributed by atoms with Gasteiger partial charge < -0.3 is 4.90 Å². The van der Waals surface area contributed by atoms with Crippen molar-refractivity contribution in [1.82, 2.24) is 14.7 Å². The highest BCUT2D eigenvalue weighted by molar-refractivity contribution is 5.76. The maximum Gasteiger partial charge on any atom is 0.223 e. The van der Waals surface area contributed by atoms with Crippen molar-refractivity contribution >= 4 is 12.0 Å². The first-order chi connectivity index (χ1) is 13.3. The van der Waals surface area contributed by atoms with Crippen LogP contribution in [-0.2, 0) is 4.79 Å². The monoisotopic (exact) mass is 369 g/mol. The molecule has 0 radical (unpaired) electrons. The number of carbonyl (C=O) groups excluding carboxylic acids is 1. The van der Waals surface area contributed by atoms with Crippen LogP contribution < -0.4 is 0 Å². The summed E-state index contributed by atoms with van der Waals surface area (Å²) in [5.74, 6) is 0.343. The highest BCUT2D eigenvalue weighted by Gasteiger charge is 2.24. The molecule has 1 aromatic carbocycles. The van der Waals surface area contributed by atoms with Crippen molar-refractivity contribution in [2.45, 2.75) is 45.1 Å². The molecule has 0 aromatic heterocycles. The number of piperidine rings is 1. The lowest BCUT2D eigenvalue weighted by molar-refractivity contribution is -0.133. The molecular formula is C23H35N3O. The average Bonchev–Trinajstić information content (AvgIpc) is 2.73. The lowest BCUT2D eigenvalue weighted by Crippen LogP contribution is -2.49. The molecule has 1 atom stereocenters. The molecule has 0 spiro atoms. The molecule has 4 heteroatoms. The number of nitrogens with zero attached hydrogens (tertiary/aromatic N) is 3. The molecule has 148 valence electrons. The Hall–Kier alpha value is -1.65. The lowest BCUT2D eigenvalue weighted by Gasteiger charge is -2.37. The van der Waals surface area contributed by atoms with Gasteiger partial charge in [0.05, 0.1) is 0 Å². The number of hydrogen-bond acceptors (Lipinski definition) is 3. The van der Waals surface area contributed by atoms with Crippen molar-refractivity contribution in [3.63, 3.8) is 0 Å². The smallest absolute Gasteiger partial charge is 0.223 e. The number of piperazine rings is 1. The van der Waals surface area contributed by atoms with Gasteiger partial charge in [-0.1, -0.05) is 55.8 Å². The largest absolute Gasteiger partial charge is 0.340 e. The van der Waals surface area contributed by atoms with Gasteiger partial charge in [-0.15, -0.1) is 0 Å². The SMILES string of the molecule is CCC1CCCCN1CCC(=O)N1CCN(C/C=C/c2ccccc2)CC1. The summed E-state index contributed by atoms with van der Waals surface area (Å²) in [4.78, 5) is 19.7. The van der Waals surface area contributed by atoms with E-state index in [1.807, 2.05) is 6.07 Å². The van der Waals surface area contributed by atoms with Gasteiger partial charge >= 0.3 is 0 Å². The maximum atomic E-state index is 12.6. The normalized spacial score (nSPS) is 22.4. The van der Waals surface area contributed by atoms with E-state index in [1.54, 1.807) is 0 Å². The van der Waals surface area contributed by atoms with Crippen molar-refractivity contribution in [3.8, 4) is 0 Å². The summed E-state index contributed by atoms with van der Waals surface area (Å²) in [7, 11) is 0. The summed E-state index contributed by atoms with van der Waals surface area (Å²) in [6.45, 7) is 9.05. The first-order valence-corrected chi connectivity index (χ1v) is 10.7. The molecule has 2 aliphatic heterocycles. The standard InChI is InChI=1S/C23H35N3O/c1-2-22-12-6-7-15-25(22)16-13-23(27)26-19-17-24(18-20-26)14-8-11-21-9-4-3-5-10-21/h3-5,8-11,22H,2,6-7,12-20H2,1H3/b11-8+. The van der Waals surface area contributed by atoms with Crippen molar-refractivity contribution < 1.29 is 4.79 Å². The second-order valence-corrected chi connectivity index (χ2v) is 7.84. The summed E-state index contributed by atoms with van der Waals surface area (Å²) in [5, 5.41) is 0. The zero-order chi connectivity index (χ0) is 18.9. The highest BCUT2D eigenvalue weighted by atomic mass is 16.2. The number of amides is 1.